The van der Waals surface area contributed by atoms with Crippen molar-refractivity contribution in [3.05, 3.63) is 48.0 Å². The van der Waals surface area contributed by atoms with Crippen LogP contribution in [0, 0.1) is 5.92 Å². The Balaban J connectivity index is 0.000000360. The molecule has 0 saturated carbocycles. The maximum atomic E-state index is 13.1. The van der Waals surface area contributed by atoms with E-state index in [1.54, 1.807) is 7.11 Å². The van der Waals surface area contributed by atoms with Crippen LogP contribution in [0.25, 0.3) is 0 Å². The Morgan fingerprint density at radius 1 is 1.04 bits per heavy atom. The minimum Gasteiger partial charge on any atom is -0.497 e. The number of piperidine rings is 1. The van der Waals surface area contributed by atoms with Crippen molar-refractivity contribution in [1.29, 1.82) is 0 Å². The number of methoxy groups -OCH3 is 1. The molecular formula is C29H36F6N4O8. The zero-order valence-corrected chi connectivity index (χ0v) is 25.4. The van der Waals surface area contributed by atoms with Crippen LogP contribution < -0.4 is 10.1 Å². The van der Waals surface area contributed by atoms with Crippen molar-refractivity contribution < 1.29 is 65.1 Å². The van der Waals surface area contributed by atoms with E-state index in [2.05, 4.69) is 19.8 Å². The number of nitrogens with one attached hydrogen (secondary N) is 1. The molecule has 0 aliphatic carbocycles. The van der Waals surface area contributed by atoms with Crippen molar-refractivity contribution in [2.45, 2.75) is 62.8 Å². The lowest BCUT2D eigenvalue weighted by Gasteiger charge is -2.46. The van der Waals surface area contributed by atoms with Crippen LogP contribution in [0.15, 0.2) is 36.7 Å². The molecule has 1 aromatic carbocycles. The second-order valence-electron chi connectivity index (χ2n) is 11.0. The van der Waals surface area contributed by atoms with Gasteiger partial charge in [0, 0.05) is 51.8 Å². The number of aromatic nitrogens is 2. The molecule has 3 aliphatic heterocycles. The predicted octanol–water partition coefficient (Wildman–Crippen LogP) is 3.59. The standard InChI is InChI=1S/C25H34N4O4.2C2HF3O2/c1-31-21-4-2-3-20(15-21)16-27-23(30)22-18-29-12-9-26-24(29)25(33-22)7-10-28(11-8-25)17-19-5-13-32-14-6-19;2*3-2(4,5)1(6)7/h2-4,9,12,15,19,22H,5-8,10-11,13-14,16-18H2,1H3,(H,27,30);2*(H,6,7). The first kappa shape index (κ1) is 37.6. The first-order valence-corrected chi connectivity index (χ1v) is 14.5. The van der Waals surface area contributed by atoms with Crippen molar-refractivity contribution in [3.63, 3.8) is 0 Å². The number of carboxylic acid groups (broad SMARTS) is 2. The molecule has 1 atom stereocenters. The highest BCUT2D eigenvalue weighted by Crippen LogP contribution is 2.40. The highest BCUT2D eigenvalue weighted by Gasteiger charge is 2.47. The Kier molecular flexibility index (Phi) is 13.0. The van der Waals surface area contributed by atoms with Gasteiger partial charge in [-0.3, -0.25) is 4.79 Å². The number of nitrogens with zero attached hydrogens (tertiary/aromatic N) is 3. The van der Waals surface area contributed by atoms with Crippen LogP contribution in [0.2, 0.25) is 0 Å². The number of halogens is 6. The summed E-state index contributed by atoms with van der Waals surface area (Å²) in [6, 6.07) is 7.74. The fourth-order valence-electron chi connectivity index (χ4n) is 5.35. The van der Waals surface area contributed by atoms with E-state index in [0.29, 0.717) is 13.1 Å². The van der Waals surface area contributed by atoms with Crippen LogP contribution in [0.4, 0.5) is 26.3 Å². The van der Waals surface area contributed by atoms with Gasteiger partial charge < -0.3 is 39.2 Å². The van der Waals surface area contributed by atoms with E-state index >= 15 is 0 Å². The molecular weight excluding hydrogens is 646 g/mol. The summed E-state index contributed by atoms with van der Waals surface area (Å²) in [6.45, 7) is 5.75. The molecule has 1 unspecified atom stereocenters. The Morgan fingerprint density at radius 2 is 1.64 bits per heavy atom. The van der Waals surface area contributed by atoms with Crippen LogP contribution in [0.3, 0.4) is 0 Å². The highest BCUT2D eigenvalue weighted by atomic mass is 19.4. The molecule has 18 heteroatoms. The molecule has 2 saturated heterocycles. The smallest absolute Gasteiger partial charge is 0.490 e. The molecule has 1 aromatic heterocycles. The lowest BCUT2D eigenvalue weighted by atomic mass is 9.87. The maximum absolute atomic E-state index is 13.1. The SMILES string of the molecule is COc1cccc(CNC(=O)C2Cn3ccnc3C3(CCN(CC4CCOCC4)CC3)O2)c1.O=C(O)C(F)(F)F.O=C(O)C(F)(F)F. The van der Waals surface area contributed by atoms with Gasteiger partial charge in [-0.25, -0.2) is 14.6 Å². The van der Waals surface area contributed by atoms with Crippen molar-refractivity contribution in [3.8, 4) is 5.75 Å². The van der Waals surface area contributed by atoms with Gasteiger partial charge in [-0.2, -0.15) is 26.3 Å². The van der Waals surface area contributed by atoms with Crippen molar-refractivity contribution in [1.82, 2.24) is 19.8 Å². The molecule has 12 nitrogen and oxygen atoms in total. The molecule has 2 aromatic rings. The molecule has 1 amide bonds. The third kappa shape index (κ3) is 11.1. The van der Waals surface area contributed by atoms with Crippen molar-refractivity contribution >= 4 is 17.8 Å². The second kappa shape index (κ2) is 16.3. The van der Waals surface area contributed by atoms with Gasteiger partial charge in [-0.05, 0) is 49.3 Å². The van der Waals surface area contributed by atoms with E-state index < -0.39 is 36.0 Å². The quantitative estimate of drug-likeness (QED) is 0.386. The highest BCUT2D eigenvalue weighted by molar-refractivity contribution is 5.81. The largest absolute Gasteiger partial charge is 0.497 e. The van der Waals surface area contributed by atoms with Gasteiger partial charge in [-0.15, -0.1) is 0 Å². The topological polar surface area (TPSA) is 152 Å². The fourth-order valence-corrected chi connectivity index (χ4v) is 5.35. The third-order valence-electron chi connectivity index (χ3n) is 7.75. The summed E-state index contributed by atoms with van der Waals surface area (Å²) in [5.74, 6) is -3.13. The second-order valence-corrected chi connectivity index (χ2v) is 11.0. The lowest BCUT2D eigenvalue weighted by Crippen LogP contribution is -2.54. The average Bonchev–Trinajstić information content (AvgIpc) is 3.51. The van der Waals surface area contributed by atoms with Crippen LogP contribution in [0.1, 0.15) is 37.1 Å². The van der Waals surface area contributed by atoms with E-state index in [-0.39, 0.29) is 5.91 Å². The summed E-state index contributed by atoms with van der Waals surface area (Å²) >= 11 is 0. The number of fused-ring (bicyclic) bond motifs is 2. The predicted molar refractivity (Wildman–Crippen MR) is 150 cm³/mol. The normalized spacial score (nSPS) is 19.7. The molecule has 3 aliphatic rings. The Morgan fingerprint density at radius 3 is 2.19 bits per heavy atom. The minimum atomic E-state index is -5.08. The van der Waals surface area contributed by atoms with Crippen LogP contribution >= 0.6 is 0 Å². The summed E-state index contributed by atoms with van der Waals surface area (Å²) in [4.78, 5) is 38.1. The van der Waals surface area contributed by atoms with Crippen LogP contribution in [0.5, 0.6) is 5.75 Å². The third-order valence-corrected chi connectivity index (χ3v) is 7.75. The number of likely N-dealkylation sites (tertiary alicyclic amines) is 1. The van der Waals surface area contributed by atoms with Gasteiger partial charge in [0.2, 0.25) is 0 Å². The van der Waals surface area contributed by atoms with Crippen molar-refractivity contribution in [2.24, 2.45) is 5.92 Å². The summed E-state index contributed by atoms with van der Waals surface area (Å²) in [5, 5.41) is 17.3. The van der Waals surface area contributed by atoms with Gasteiger partial charge in [0.05, 0.1) is 13.7 Å². The lowest BCUT2D eigenvalue weighted by molar-refractivity contribution is -0.193. The van der Waals surface area contributed by atoms with Gasteiger partial charge in [-0.1, -0.05) is 12.1 Å². The first-order valence-electron chi connectivity index (χ1n) is 14.5. The number of hydrogen-bond acceptors (Lipinski definition) is 8. The summed E-state index contributed by atoms with van der Waals surface area (Å²) < 4.78 is 82.9. The fraction of sp³-hybridized carbons (Fsp3) is 0.586. The monoisotopic (exact) mass is 682 g/mol. The molecule has 4 heterocycles. The number of ether oxygens (including phenoxy) is 3. The molecule has 5 rings (SSSR count). The van der Waals surface area contributed by atoms with E-state index in [1.807, 2.05) is 36.7 Å². The summed E-state index contributed by atoms with van der Waals surface area (Å²) in [5.41, 5.74) is 0.504. The van der Waals surface area contributed by atoms with Crippen LogP contribution in [-0.2, 0) is 42.5 Å². The Labute approximate surface area is 265 Å². The molecule has 47 heavy (non-hydrogen) atoms. The molecule has 0 bridgehead atoms. The number of alkyl halides is 6. The van der Waals surface area contributed by atoms with Gasteiger partial charge in [0.1, 0.15) is 17.2 Å². The van der Waals surface area contributed by atoms with Crippen LogP contribution in [-0.4, -0.2) is 101 Å². The number of carboxylic acids is 2. The number of amides is 1. The van der Waals surface area contributed by atoms with E-state index in [4.69, 9.17) is 34.0 Å². The van der Waals surface area contributed by atoms with E-state index in [1.165, 1.54) is 0 Å². The van der Waals surface area contributed by atoms with Gasteiger partial charge in [0.15, 0.2) is 6.10 Å². The number of aliphatic carboxylic acids is 2. The first-order chi connectivity index (χ1) is 22.0. The van der Waals surface area contributed by atoms with E-state index in [9.17, 15) is 31.1 Å². The number of imidazole rings is 1. The van der Waals surface area contributed by atoms with Gasteiger partial charge in [0.25, 0.3) is 5.91 Å². The number of rotatable bonds is 6. The number of hydrogen-bond donors (Lipinski definition) is 3. The Bertz CT molecular complexity index is 1310. The summed E-state index contributed by atoms with van der Waals surface area (Å²) in [7, 11) is 1.64. The Hall–Kier alpha value is -3.90. The maximum Gasteiger partial charge on any atom is 0.490 e. The van der Waals surface area contributed by atoms with Gasteiger partial charge >= 0.3 is 24.3 Å². The summed E-state index contributed by atoms with van der Waals surface area (Å²) in [6.07, 6.45) is -2.89. The van der Waals surface area contributed by atoms with E-state index in [0.717, 1.165) is 81.6 Å². The molecule has 2 fully saturated rings. The zero-order chi connectivity index (χ0) is 34.8. The molecule has 262 valence electrons. The zero-order valence-electron chi connectivity index (χ0n) is 25.4. The molecule has 1 spiro atoms. The average molecular weight is 683 g/mol. The number of carbonyl (C=O) groups excluding carboxylic acids is 1. The molecule has 0 radical (unpaired) electrons. The molecule has 3 N–H and O–H groups in total. The van der Waals surface area contributed by atoms with Crippen molar-refractivity contribution in [2.75, 3.05) is 40.0 Å². The number of carbonyl (C=O) groups is 3. The number of benzene rings is 1. The minimum absolute atomic E-state index is 0.0822.